The molecule has 0 saturated heterocycles. The molecular formula is C18H17ClN4O2S2. The highest BCUT2D eigenvalue weighted by molar-refractivity contribution is 7.80. The average Bonchev–Trinajstić information content (AvgIpc) is 3.14. The fourth-order valence-corrected chi connectivity index (χ4v) is 3.24. The Morgan fingerprint density at radius 3 is 2.74 bits per heavy atom. The fourth-order valence-electron chi connectivity index (χ4n) is 2.30. The first-order valence-corrected chi connectivity index (χ1v) is 9.86. The van der Waals surface area contributed by atoms with Crippen molar-refractivity contribution < 1.29 is 9.53 Å². The minimum Gasteiger partial charge on any atom is -0.494 e. The number of amides is 1. The van der Waals surface area contributed by atoms with E-state index in [1.807, 2.05) is 0 Å². The third-order valence-electron chi connectivity index (χ3n) is 3.73. The SMILES string of the molecule is CCCCOc1ccc(C(=O)NC(=S)Nc2c(Cl)ccc3nsnc23)cc1. The third kappa shape index (κ3) is 4.91. The van der Waals surface area contributed by atoms with Crippen LogP contribution < -0.4 is 15.4 Å². The number of unbranched alkanes of at least 4 members (excludes halogenated alkanes) is 1. The first-order chi connectivity index (χ1) is 13.1. The highest BCUT2D eigenvalue weighted by Gasteiger charge is 2.13. The third-order valence-corrected chi connectivity index (χ3v) is 4.79. The van der Waals surface area contributed by atoms with E-state index in [0.29, 0.717) is 33.9 Å². The molecule has 0 atom stereocenters. The molecule has 0 saturated carbocycles. The summed E-state index contributed by atoms with van der Waals surface area (Å²) < 4.78 is 14.0. The van der Waals surface area contributed by atoms with Crippen molar-refractivity contribution in [2.45, 2.75) is 19.8 Å². The summed E-state index contributed by atoms with van der Waals surface area (Å²) in [5.41, 5.74) is 2.31. The maximum absolute atomic E-state index is 12.4. The van der Waals surface area contributed by atoms with Crippen LogP contribution in [0.4, 0.5) is 5.69 Å². The number of benzene rings is 2. The van der Waals surface area contributed by atoms with Crippen LogP contribution in [0.2, 0.25) is 5.02 Å². The van der Waals surface area contributed by atoms with E-state index >= 15 is 0 Å². The van der Waals surface area contributed by atoms with E-state index in [4.69, 9.17) is 28.6 Å². The normalized spacial score (nSPS) is 10.6. The molecule has 2 N–H and O–H groups in total. The van der Waals surface area contributed by atoms with Crippen molar-refractivity contribution in [2.24, 2.45) is 0 Å². The van der Waals surface area contributed by atoms with Crippen molar-refractivity contribution in [3.63, 3.8) is 0 Å². The summed E-state index contributed by atoms with van der Waals surface area (Å²) in [7, 11) is 0. The van der Waals surface area contributed by atoms with Gasteiger partial charge < -0.3 is 10.1 Å². The van der Waals surface area contributed by atoms with Crippen LogP contribution in [0.1, 0.15) is 30.1 Å². The zero-order chi connectivity index (χ0) is 19.2. The molecule has 2 aromatic carbocycles. The molecule has 1 amide bonds. The summed E-state index contributed by atoms with van der Waals surface area (Å²) in [6.07, 6.45) is 2.06. The number of ether oxygens (including phenoxy) is 1. The van der Waals surface area contributed by atoms with Crippen molar-refractivity contribution in [1.82, 2.24) is 14.1 Å². The Morgan fingerprint density at radius 1 is 1.22 bits per heavy atom. The van der Waals surface area contributed by atoms with Crippen molar-refractivity contribution in [1.29, 1.82) is 0 Å². The number of nitrogens with one attached hydrogen (secondary N) is 2. The van der Waals surface area contributed by atoms with Gasteiger partial charge in [0.15, 0.2) is 5.11 Å². The Kier molecular flexibility index (Phi) is 6.54. The number of aromatic nitrogens is 2. The van der Waals surface area contributed by atoms with Crippen LogP contribution in [0.15, 0.2) is 36.4 Å². The van der Waals surface area contributed by atoms with E-state index in [2.05, 4.69) is 26.3 Å². The molecule has 0 aliphatic heterocycles. The Bertz CT molecular complexity index is 960. The number of hydrogen-bond acceptors (Lipinski definition) is 6. The molecule has 140 valence electrons. The zero-order valence-electron chi connectivity index (χ0n) is 14.5. The molecule has 6 nitrogen and oxygen atoms in total. The van der Waals surface area contributed by atoms with Crippen LogP contribution in [0.3, 0.4) is 0 Å². The number of thiocarbonyl (C=S) groups is 1. The summed E-state index contributed by atoms with van der Waals surface area (Å²) in [5.74, 6) is 0.405. The first kappa shape index (κ1) is 19.5. The molecule has 0 unspecified atom stereocenters. The zero-order valence-corrected chi connectivity index (χ0v) is 16.9. The Morgan fingerprint density at radius 2 is 2.00 bits per heavy atom. The van der Waals surface area contributed by atoms with Gasteiger partial charge in [0.05, 0.1) is 29.0 Å². The molecule has 9 heteroatoms. The number of halogens is 1. The number of hydrogen-bond donors (Lipinski definition) is 2. The number of nitrogens with zero attached hydrogens (tertiary/aromatic N) is 2. The number of rotatable bonds is 6. The van der Waals surface area contributed by atoms with Crippen LogP contribution in [0, 0.1) is 0 Å². The Labute approximate surface area is 171 Å². The molecule has 0 fully saturated rings. The van der Waals surface area contributed by atoms with Gasteiger partial charge in [-0.25, -0.2) is 0 Å². The topological polar surface area (TPSA) is 76.1 Å². The summed E-state index contributed by atoms with van der Waals surface area (Å²) in [6.45, 7) is 2.76. The van der Waals surface area contributed by atoms with Gasteiger partial charge in [0.2, 0.25) is 0 Å². The maximum Gasteiger partial charge on any atom is 0.257 e. The lowest BCUT2D eigenvalue weighted by Crippen LogP contribution is -2.34. The van der Waals surface area contributed by atoms with Gasteiger partial charge in [-0.2, -0.15) is 8.75 Å². The van der Waals surface area contributed by atoms with E-state index in [0.717, 1.165) is 30.3 Å². The predicted octanol–water partition coefficient (Wildman–Crippen LogP) is 4.65. The summed E-state index contributed by atoms with van der Waals surface area (Å²) in [6, 6.07) is 10.4. The highest BCUT2D eigenvalue weighted by Crippen LogP contribution is 2.29. The summed E-state index contributed by atoms with van der Waals surface area (Å²) in [5, 5.41) is 6.15. The van der Waals surface area contributed by atoms with Crippen LogP contribution in [0.5, 0.6) is 5.75 Å². The molecule has 0 bridgehead atoms. The molecule has 0 spiro atoms. The van der Waals surface area contributed by atoms with Gasteiger partial charge in [-0.3, -0.25) is 10.1 Å². The monoisotopic (exact) mass is 420 g/mol. The van der Waals surface area contributed by atoms with Gasteiger partial charge in [0, 0.05) is 5.56 Å². The summed E-state index contributed by atoms with van der Waals surface area (Å²) in [4.78, 5) is 12.4. The van der Waals surface area contributed by atoms with Gasteiger partial charge in [0.1, 0.15) is 16.8 Å². The summed E-state index contributed by atoms with van der Waals surface area (Å²) >= 11 is 12.5. The molecule has 0 aliphatic carbocycles. The minimum atomic E-state index is -0.327. The second-order valence-electron chi connectivity index (χ2n) is 5.69. The lowest BCUT2D eigenvalue weighted by molar-refractivity contribution is 0.0977. The van der Waals surface area contributed by atoms with Gasteiger partial charge in [-0.15, -0.1) is 0 Å². The molecule has 1 heterocycles. The number of carbonyl (C=O) groups is 1. The van der Waals surface area contributed by atoms with E-state index < -0.39 is 0 Å². The molecule has 0 radical (unpaired) electrons. The first-order valence-electron chi connectivity index (χ1n) is 8.34. The Balaban J connectivity index is 1.62. The quantitative estimate of drug-likeness (QED) is 0.446. The molecular weight excluding hydrogens is 404 g/mol. The second-order valence-corrected chi connectivity index (χ2v) is 7.03. The standard InChI is InChI=1S/C18H17ClN4O2S2/c1-2-3-10-25-12-6-4-11(5-7-12)17(24)21-18(26)20-15-13(19)8-9-14-16(15)23-27-22-14/h4-9H,2-3,10H2,1H3,(H2,20,21,24,26). The van der Waals surface area contributed by atoms with Gasteiger partial charge in [0.25, 0.3) is 5.91 Å². The van der Waals surface area contributed by atoms with Crippen LogP contribution in [-0.2, 0) is 0 Å². The lowest BCUT2D eigenvalue weighted by atomic mass is 10.2. The molecule has 27 heavy (non-hydrogen) atoms. The smallest absolute Gasteiger partial charge is 0.257 e. The number of anilines is 1. The van der Waals surface area contributed by atoms with Gasteiger partial charge in [-0.1, -0.05) is 24.9 Å². The van der Waals surface area contributed by atoms with E-state index in [1.54, 1.807) is 36.4 Å². The largest absolute Gasteiger partial charge is 0.494 e. The number of fused-ring (bicyclic) bond motifs is 1. The van der Waals surface area contributed by atoms with E-state index in [1.165, 1.54) is 0 Å². The minimum absolute atomic E-state index is 0.130. The molecule has 0 aliphatic rings. The molecule has 3 rings (SSSR count). The molecule has 1 aromatic heterocycles. The average molecular weight is 421 g/mol. The van der Waals surface area contributed by atoms with E-state index in [9.17, 15) is 4.79 Å². The van der Waals surface area contributed by atoms with Crippen LogP contribution >= 0.6 is 35.5 Å². The lowest BCUT2D eigenvalue weighted by Gasteiger charge is -2.11. The Hall–Kier alpha value is -2.29. The second kappa shape index (κ2) is 9.07. The fraction of sp³-hybridized carbons (Fsp3) is 0.222. The predicted molar refractivity (Wildman–Crippen MR) is 113 cm³/mol. The number of carbonyl (C=O) groups excluding carboxylic acids is 1. The van der Waals surface area contributed by atoms with Crippen molar-refractivity contribution in [2.75, 3.05) is 11.9 Å². The molecule has 3 aromatic rings. The van der Waals surface area contributed by atoms with Crippen molar-refractivity contribution in [3.05, 3.63) is 47.0 Å². The van der Waals surface area contributed by atoms with Crippen molar-refractivity contribution in [3.8, 4) is 5.75 Å². The van der Waals surface area contributed by atoms with Crippen LogP contribution in [-0.4, -0.2) is 26.4 Å². The van der Waals surface area contributed by atoms with Gasteiger partial charge in [-0.05, 0) is 55.0 Å². The van der Waals surface area contributed by atoms with Gasteiger partial charge >= 0.3 is 0 Å². The van der Waals surface area contributed by atoms with Crippen molar-refractivity contribution >= 4 is 63.3 Å². The highest BCUT2D eigenvalue weighted by atomic mass is 35.5. The van der Waals surface area contributed by atoms with Crippen LogP contribution in [0.25, 0.3) is 11.0 Å². The van der Waals surface area contributed by atoms with E-state index in [-0.39, 0.29) is 11.0 Å². The maximum atomic E-state index is 12.4.